The second-order valence-corrected chi connectivity index (χ2v) is 5.89. The average Bonchev–Trinajstić information content (AvgIpc) is 2.21. The van der Waals surface area contributed by atoms with E-state index in [1.807, 2.05) is 0 Å². The van der Waals surface area contributed by atoms with Crippen LogP contribution in [0.4, 0.5) is 0 Å². The smallest absolute Gasteiger partial charge is 0.394 e. The minimum absolute atomic E-state index is 1.04. The summed E-state index contributed by atoms with van der Waals surface area (Å²) in [6.07, 6.45) is -6.76. The Hall–Kier alpha value is -0.390. The number of aliphatic hydroxyl groups excluding tert-OH is 4. The number of hydrogen-bond donors (Lipinski definition) is 7. The van der Waals surface area contributed by atoms with Crippen LogP contribution < -0.4 is 0 Å². The Morgan fingerprint density at radius 3 is 1.95 bits per heavy atom. The van der Waals surface area contributed by atoms with Crippen LogP contribution in [-0.4, -0.2) is 66.0 Å². The zero-order valence-corrected chi connectivity index (χ0v) is 10.8. The number of phosphoric ester groups is 1. The molecule has 0 aromatic carbocycles. The van der Waals surface area contributed by atoms with Crippen molar-refractivity contribution in [3.8, 4) is 0 Å². The Labute approximate surface area is 105 Å². The van der Waals surface area contributed by atoms with Crippen LogP contribution in [0, 0.1) is 0 Å². The van der Waals surface area contributed by atoms with E-state index in [-0.39, 0.29) is 0 Å². The van der Waals surface area contributed by atoms with Crippen LogP contribution >= 0.6 is 15.6 Å². The molecule has 0 aliphatic carbocycles. The highest BCUT2D eigenvalue weighted by atomic mass is 31.3. The molecule has 0 aliphatic heterocycles. The van der Waals surface area contributed by atoms with E-state index in [0.717, 1.165) is 0 Å². The maximum absolute atomic E-state index is 11.0. The van der Waals surface area contributed by atoms with Crippen LogP contribution in [-0.2, 0) is 22.8 Å². The summed E-state index contributed by atoms with van der Waals surface area (Å²) in [5.41, 5.74) is 0. The van der Waals surface area contributed by atoms with E-state index in [0.29, 0.717) is 0 Å². The van der Waals surface area contributed by atoms with E-state index in [9.17, 15) is 13.9 Å². The first kappa shape index (κ1) is 18.6. The van der Waals surface area contributed by atoms with Gasteiger partial charge >= 0.3 is 21.6 Å². The van der Waals surface area contributed by atoms with Gasteiger partial charge in [-0.1, -0.05) is 0 Å². The molecule has 0 aliphatic rings. The molecule has 4 atom stereocenters. The fourth-order valence-corrected chi connectivity index (χ4v) is 2.32. The van der Waals surface area contributed by atoms with Crippen LogP contribution in [0.25, 0.3) is 0 Å². The van der Waals surface area contributed by atoms with E-state index >= 15 is 0 Å². The number of carbonyl (C=O) groups is 1. The first-order valence-corrected chi connectivity index (χ1v) is 7.40. The standard InChI is InChI=1S/C5H12O12P2/c6-1-2(7)3(8)4(9)5(10)16-19(14,15)17-18(11,12)13/h2-4,6-9H,1H2,(H,14,15)(H2,11,12,13)/t2-,3-,4-/m1/s1. The van der Waals surface area contributed by atoms with Gasteiger partial charge in [-0.15, -0.1) is 0 Å². The van der Waals surface area contributed by atoms with Crippen molar-refractivity contribution in [3.63, 3.8) is 0 Å². The third kappa shape index (κ3) is 7.09. The lowest BCUT2D eigenvalue weighted by molar-refractivity contribution is -0.157. The van der Waals surface area contributed by atoms with Gasteiger partial charge in [0, 0.05) is 0 Å². The minimum atomic E-state index is -5.53. The summed E-state index contributed by atoms with van der Waals surface area (Å²) in [4.78, 5) is 36.2. The molecule has 12 nitrogen and oxygen atoms in total. The third-order valence-electron chi connectivity index (χ3n) is 1.56. The van der Waals surface area contributed by atoms with E-state index in [1.54, 1.807) is 0 Å². The third-order valence-corrected chi connectivity index (χ3v) is 3.65. The molecule has 1 unspecified atom stereocenters. The van der Waals surface area contributed by atoms with Crippen molar-refractivity contribution in [2.75, 3.05) is 6.61 Å². The van der Waals surface area contributed by atoms with Crippen LogP contribution in [0.1, 0.15) is 0 Å². The van der Waals surface area contributed by atoms with Crippen molar-refractivity contribution >= 4 is 21.6 Å². The van der Waals surface area contributed by atoms with Crippen molar-refractivity contribution in [3.05, 3.63) is 0 Å². The quantitative estimate of drug-likeness (QED) is 0.231. The zero-order valence-electron chi connectivity index (χ0n) is 9.01. The summed E-state index contributed by atoms with van der Waals surface area (Å²) in [5.74, 6) is -2.00. The molecule has 0 fully saturated rings. The summed E-state index contributed by atoms with van der Waals surface area (Å²) in [6.45, 7) is -1.04. The topological polar surface area (TPSA) is 211 Å². The molecule has 19 heavy (non-hydrogen) atoms. The summed E-state index contributed by atoms with van der Waals surface area (Å²) < 4.78 is 27.9. The summed E-state index contributed by atoms with van der Waals surface area (Å²) in [7, 11) is -11.0. The fourth-order valence-electron chi connectivity index (χ4n) is 0.777. The molecule has 0 saturated heterocycles. The lowest BCUT2D eigenvalue weighted by atomic mass is 10.1. The highest BCUT2D eigenvalue weighted by molar-refractivity contribution is 7.61. The lowest BCUT2D eigenvalue weighted by Gasteiger charge is -2.21. The van der Waals surface area contributed by atoms with Crippen molar-refractivity contribution in [2.45, 2.75) is 18.3 Å². The van der Waals surface area contributed by atoms with Gasteiger partial charge in [-0.3, -0.25) is 4.89 Å². The van der Waals surface area contributed by atoms with Crippen molar-refractivity contribution in [2.24, 2.45) is 0 Å². The van der Waals surface area contributed by atoms with Crippen LogP contribution in [0.2, 0.25) is 0 Å². The van der Waals surface area contributed by atoms with Crippen molar-refractivity contribution < 1.29 is 57.9 Å². The van der Waals surface area contributed by atoms with Gasteiger partial charge in [0.25, 0.3) is 0 Å². The Bertz CT molecular complexity index is 401. The molecule has 7 N–H and O–H groups in total. The number of phosphoric acid groups is 2. The SMILES string of the molecule is O=C(OP(=O)(O)OP(=O)(O)O)[C@H](O)[C@H](O)[C@H](O)CO. The number of rotatable bonds is 7. The van der Waals surface area contributed by atoms with Gasteiger partial charge in [-0.05, 0) is 0 Å². The summed E-state index contributed by atoms with van der Waals surface area (Å²) >= 11 is 0. The zero-order chi connectivity index (χ0) is 15.4. The molecule has 0 aromatic rings. The molecule has 14 heteroatoms. The number of hydrogen-bond acceptors (Lipinski definition) is 9. The lowest BCUT2D eigenvalue weighted by Crippen LogP contribution is -2.44. The van der Waals surface area contributed by atoms with Gasteiger partial charge in [0.15, 0.2) is 6.10 Å². The first-order valence-electron chi connectivity index (χ1n) is 4.38. The Kier molecular flexibility index (Phi) is 6.72. The van der Waals surface area contributed by atoms with Crippen LogP contribution in [0.15, 0.2) is 0 Å². The van der Waals surface area contributed by atoms with E-state index < -0.39 is 46.5 Å². The molecule has 0 rings (SSSR count). The molecule has 0 aromatic heterocycles. The van der Waals surface area contributed by atoms with E-state index in [2.05, 4.69) is 8.83 Å². The van der Waals surface area contributed by atoms with Gasteiger partial charge in [-0.2, -0.15) is 4.31 Å². The fraction of sp³-hybridized carbons (Fsp3) is 0.800. The average molecular weight is 326 g/mol. The molecular formula is C5H12O12P2. The molecule has 0 saturated carbocycles. The summed E-state index contributed by atoms with van der Waals surface area (Å²) in [5, 5.41) is 35.4. The predicted octanol–water partition coefficient (Wildman–Crippen LogP) is -3.19. The maximum atomic E-state index is 11.0. The molecule has 0 bridgehead atoms. The maximum Gasteiger partial charge on any atom is 0.538 e. The van der Waals surface area contributed by atoms with Crippen molar-refractivity contribution in [1.29, 1.82) is 0 Å². The number of aliphatic hydroxyl groups is 4. The summed E-state index contributed by atoms with van der Waals surface area (Å²) in [6, 6.07) is 0. The Morgan fingerprint density at radius 2 is 1.58 bits per heavy atom. The minimum Gasteiger partial charge on any atom is -0.394 e. The van der Waals surface area contributed by atoms with Crippen molar-refractivity contribution in [1.82, 2.24) is 0 Å². The molecular weight excluding hydrogens is 314 g/mol. The van der Waals surface area contributed by atoms with Gasteiger partial charge in [0.2, 0.25) is 0 Å². The molecule has 0 heterocycles. The number of carbonyl (C=O) groups excluding carboxylic acids is 1. The highest BCUT2D eigenvalue weighted by Gasteiger charge is 2.40. The largest absolute Gasteiger partial charge is 0.538 e. The predicted molar refractivity (Wildman–Crippen MR) is 54.2 cm³/mol. The second kappa shape index (κ2) is 6.86. The van der Waals surface area contributed by atoms with E-state index in [1.165, 1.54) is 0 Å². The highest BCUT2D eigenvalue weighted by Crippen LogP contribution is 2.57. The van der Waals surface area contributed by atoms with Gasteiger partial charge in [-0.25, -0.2) is 13.9 Å². The van der Waals surface area contributed by atoms with Gasteiger partial charge in [0.1, 0.15) is 12.2 Å². The van der Waals surface area contributed by atoms with Gasteiger partial charge in [0.05, 0.1) is 6.61 Å². The molecule has 0 radical (unpaired) electrons. The first-order chi connectivity index (χ1) is 8.39. The Balaban J connectivity index is 4.69. The Morgan fingerprint density at radius 1 is 1.11 bits per heavy atom. The monoisotopic (exact) mass is 326 g/mol. The molecule has 114 valence electrons. The second-order valence-electron chi connectivity index (χ2n) is 3.14. The molecule has 0 amide bonds. The van der Waals surface area contributed by atoms with Crippen LogP contribution in [0.5, 0.6) is 0 Å². The van der Waals surface area contributed by atoms with Gasteiger partial charge < -0.3 is 34.7 Å². The van der Waals surface area contributed by atoms with Crippen LogP contribution in [0.3, 0.4) is 0 Å². The normalized spacial score (nSPS) is 20.2. The van der Waals surface area contributed by atoms with E-state index in [4.69, 9.17) is 35.1 Å². The molecule has 0 spiro atoms.